The smallest absolute Gasteiger partial charge is 0.249 e. The normalized spacial score (nSPS) is 14.3. The molecule has 0 aliphatic carbocycles. The summed E-state index contributed by atoms with van der Waals surface area (Å²) in [6.45, 7) is 4.12. The van der Waals surface area contributed by atoms with Gasteiger partial charge in [-0.1, -0.05) is 152 Å². The van der Waals surface area contributed by atoms with Crippen molar-refractivity contribution in [3.63, 3.8) is 0 Å². The summed E-state index contributed by atoms with van der Waals surface area (Å²) in [4.78, 5) is 12.4. The second kappa shape index (κ2) is 35.2. The van der Waals surface area contributed by atoms with Gasteiger partial charge in [-0.2, -0.15) is 0 Å². The summed E-state index contributed by atoms with van der Waals surface area (Å²) < 4.78 is 0. The number of aliphatic hydroxyl groups excluding tert-OH is 3. The van der Waals surface area contributed by atoms with Crippen LogP contribution in [0.25, 0.3) is 0 Å². The van der Waals surface area contributed by atoms with E-state index in [0.717, 1.165) is 57.8 Å². The quantitative estimate of drug-likeness (QED) is 0.0429. The van der Waals surface area contributed by atoms with Crippen molar-refractivity contribution in [1.29, 1.82) is 0 Å². The van der Waals surface area contributed by atoms with Crippen LogP contribution in [0.3, 0.4) is 0 Å². The minimum atomic E-state index is -1.12. The van der Waals surface area contributed by atoms with Gasteiger partial charge in [0.25, 0.3) is 0 Å². The summed E-state index contributed by atoms with van der Waals surface area (Å²) in [7, 11) is 0. The first kappa shape index (κ1) is 43.3. The Morgan fingerprint density at radius 1 is 0.533 bits per heavy atom. The fraction of sp³-hybridized carbons (Fsp3) is 0.775. The van der Waals surface area contributed by atoms with E-state index in [0.29, 0.717) is 6.42 Å². The largest absolute Gasteiger partial charge is 0.394 e. The molecule has 0 bridgehead atoms. The van der Waals surface area contributed by atoms with Gasteiger partial charge in [-0.15, -0.1) is 0 Å². The lowest BCUT2D eigenvalue weighted by atomic mass is 10.1. The average molecular weight is 632 g/mol. The van der Waals surface area contributed by atoms with Crippen LogP contribution in [0, 0.1) is 0 Å². The molecule has 3 atom stereocenters. The van der Waals surface area contributed by atoms with Gasteiger partial charge in [-0.25, -0.2) is 0 Å². The molecule has 0 spiro atoms. The van der Waals surface area contributed by atoms with Gasteiger partial charge in [-0.3, -0.25) is 4.79 Å². The Hall–Kier alpha value is -1.69. The fourth-order valence-electron chi connectivity index (χ4n) is 5.33. The SMILES string of the molecule is CCCCCC/C=C/CC/C=C/CC/C=C/C(O)C(CO)NC(=O)C(O)CCCCCC/C=C\CCCCCCCCCCC. The zero-order valence-electron chi connectivity index (χ0n) is 29.5. The minimum Gasteiger partial charge on any atom is -0.394 e. The van der Waals surface area contributed by atoms with E-state index in [1.54, 1.807) is 6.08 Å². The third-order valence-corrected chi connectivity index (χ3v) is 8.37. The van der Waals surface area contributed by atoms with Crippen LogP contribution < -0.4 is 5.32 Å². The second-order valence-electron chi connectivity index (χ2n) is 12.8. The first-order valence-corrected chi connectivity index (χ1v) is 19.0. The highest BCUT2D eigenvalue weighted by molar-refractivity contribution is 5.80. The highest BCUT2D eigenvalue weighted by Crippen LogP contribution is 2.12. The van der Waals surface area contributed by atoms with E-state index in [1.807, 2.05) is 6.08 Å². The second-order valence-corrected chi connectivity index (χ2v) is 12.8. The van der Waals surface area contributed by atoms with Crippen LogP contribution in [0.5, 0.6) is 0 Å². The summed E-state index contributed by atoms with van der Waals surface area (Å²) in [5.41, 5.74) is 0. The van der Waals surface area contributed by atoms with Crippen LogP contribution in [0.15, 0.2) is 48.6 Å². The summed E-state index contributed by atoms with van der Waals surface area (Å²) in [6, 6.07) is -0.824. The molecule has 5 nitrogen and oxygen atoms in total. The molecule has 4 N–H and O–H groups in total. The average Bonchev–Trinajstić information content (AvgIpc) is 3.04. The molecule has 262 valence electrons. The van der Waals surface area contributed by atoms with Gasteiger partial charge in [-0.05, 0) is 70.6 Å². The minimum absolute atomic E-state index is 0.386. The van der Waals surface area contributed by atoms with Crippen molar-refractivity contribution in [1.82, 2.24) is 5.32 Å². The zero-order chi connectivity index (χ0) is 33.1. The van der Waals surface area contributed by atoms with E-state index >= 15 is 0 Å². The van der Waals surface area contributed by atoms with Crippen LogP contribution in [0.2, 0.25) is 0 Å². The molecule has 0 radical (unpaired) electrons. The van der Waals surface area contributed by atoms with E-state index in [-0.39, 0.29) is 6.61 Å². The number of rotatable bonds is 33. The summed E-state index contributed by atoms with van der Waals surface area (Å²) >= 11 is 0. The predicted molar refractivity (Wildman–Crippen MR) is 194 cm³/mol. The number of nitrogens with one attached hydrogen (secondary N) is 1. The Kier molecular flexibility index (Phi) is 33.8. The maximum atomic E-state index is 12.4. The molecule has 0 aromatic carbocycles. The standard InChI is InChI=1S/C40H73NO4/c1-3-5-7-9-11-13-15-17-19-20-21-23-25-27-29-31-33-35-39(44)40(45)41-37(36-42)38(43)34-32-30-28-26-24-22-18-16-14-12-10-8-6-4-2/h14,16,21,23-24,26,32,34,37-39,42-44H,3-13,15,17-20,22,25,27-31,33,35-36H2,1-2H3,(H,41,45)/b16-14+,23-21-,26-24+,34-32+. The van der Waals surface area contributed by atoms with Crippen molar-refractivity contribution in [2.75, 3.05) is 6.61 Å². The molecule has 0 aliphatic rings. The van der Waals surface area contributed by atoms with Gasteiger partial charge >= 0.3 is 0 Å². The molecule has 45 heavy (non-hydrogen) atoms. The molecule has 0 heterocycles. The third-order valence-electron chi connectivity index (χ3n) is 8.37. The Bertz CT molecular complexity index is 745. The molecule has 0 saturated carbocycles. The van der Waals surface area contributed by atoms with Crippen molar-refractivity contribution in [3.05, 3.63) is 48.6 Å². The predicted octanol–water partition coefficient (Wildman–Crippen LogP) is 10.2. The molecule has 0 aliphatic heterocycles. The van der Waals surface area contributed by atoms with Crippen molar-refractivity contribution in [3.8, 4) is 0 Å². The number of hydrogen-bond acceptors (Lipinski definition) is 4. The van der Waals surface area contributed by atoms with Crippen LogP contribution in [0.4, 0.5) is 0 Å². The highest BCUT2D eigenvalue weighted by Gasteiger charge is 2.22. The Morgan fingerprint density at radius 3 is 1.38 bits per heavy atom. The van der Waals surface area contributed by atoms with Gasteiger partial charge in [0, 0.05) is 0 Å². The molecular formula is C40H73NO4. The highest BCUT2D eigenvalue weighted by atomic mass is 16.3. The lowest BCUT2D eigenvalue weighted by Crippen LogP contribution is -2.48. The Labute approximate surface area is 278 Å². The zero-order valence-corrected chi connectivity index (χ0v) is 29.5. The van der Waals surface area contributed by atoms with Gasteiger partial charge < -0.3 is 20.6 Å². The first-order valence-electron chi connectivity index (χ1n) is 19.0. The van der Waals surface area contributed by atoms with E-state index in [9.17, 15) is 20.1 Å². The number of hydrogen-bond donors (Lipinski definition) is 4. The monoisotopic (exact) mass is 632 g/mol. The fourth-order valence-corrected chi connectivity index (χ4v) is 5.33. The molecule has 0 rings (SSSR count). The van der Waals surface area contributed by atoms with Gasteiger partial charge in [0.1, 0.15) is 6.10 Å². The number of aliphatic hydroxyl groups is 3. The molecule has 3 unspecified atom stereocenters. The number of allylic oxidation sites excluding steroid dienone is 7. The lowest BCUT2D eigenvalue weighted by Gasteiger charge is -2.21. The number of amides is 1. The van der Waals surface area contributed by atoms with Crippen LogP contribution in [-0.4, -0.2) is 46.1 Å². The molecule has 0 fully saturated rings. The van der Waals surface area contributed by atoms with Crippen molar-refractivity contribution in [2.45, 2.75) is 193 Å². The molecule has 0 aromatic heterocycles. The van der Waals surface area contributed by atoms with Crippen molar-refractivity contribution < 1.29 is 20.1 Å². The van der Waals surface area contributed by atoms with Crippen molar-refractivity contribution in [2.24, 2.45) is 0 Å². The molecule has 0 saturated heterocycles. The summed E-state index contributed by atoms with van der Waals surface area (Å²) in [6.07, 6.45) is 44.1. The molecule has 0 aromatic rings. The lowest BCUT2D eigenvalue weighted by molar-refractivity contribution is -0.131. The molecule has 1 amide bonds. The Balaban J connectivity index is 3.83. The van der Waals surface area contributed by atoms with Crippen LogP contribution in [-0.2, 0) is 4.79 Å². The van der Waals surface area contributed by atoms with Gasteiger partial charge in [0.15, 0.2) is 0 Å². The van der Waals surface area contributed by atoms with E-state index in [2.05, 4.69) is 55.6 Å². The van der Waals surface area contributed by atoms with Crippen LogP contribution in [0.1, 0.15) is 174 Å². The number of carbonyl (C=O) groups excluding carboxylic acids is 1. The maximum Gasteiger partial charge on any atom is 0.249 e. The van der Waals surface area contributed by atoms with Gasteiger partial charge in [0.2, 0.25) is 5.91 Å². The van der Waals surface area contributed by atoms with Gasteiger partial charge in [0.05, 0.1) is 18.8 Å². The summed E-state index contributed by atoms with van der Waals surface area (Å²) in [5.74, 6) is -0.529. The van der Waals surface area contributed by atoms with E-state index < -0.39 is 24.2 Å². The van der Waals surface area contributed by atoms with Crippen LogP contribution >= 0.6 is 0 Å². The van der Waals surface area contributed by atoms with E-state index in [1.165, 1.54) is 96.3 Å². The number of unbranched alkanes of at least 4 members (excludes halogenated alkanes) is 19. The van der Waals surface area contributed by atoms with E-state index in [4.69, 9.17) is 0 Å². The topological polar surface area (TPSA) is 89.8 Å². The molecular weight excluding hydrogens is 558 g/mol. The van der Waals surface area contributed by atoms with Crippen molar-refractivity contribution >= 4 is 5.91 Å². The molecule has 5 heteroatoms. The number of carbonyl (C=O) groups is 1. The summed E-state index contributed by atoms with van der Waals surface area (Å²) in [5, 5.41) is 32.9. The maximum absolute atomic E-state index is 12.4. The first-order chi connectivity index (χ1) is 22.1. The third kappa shape index (κ3) is 30.7. The Morgan fingerprint density at radius 2 is 0.911 bits per heavy atom.